The van der Waals surface area contributed by atoms with Gasteiger partial charge in [-0.1, -0.05) is 0 Å². The lowest BCUT2D eigenvalue weighted by molar-refractivity contribution is 0.0667. The minimum Gasteiger partial charge on any atom is -0.459 e. The molecular formula is C20H20N4O3. The molecule has 1 aliphatic rings. The molecule has 3 aromatic rings. The van der Waals surface area contributed by atoms with E-state index in [2.05, 4.69) is 10.3 Å². The van der Waals surface area contributed by atoms with E-state index in [0.717, 1.165) is 18.5 Å². The molecule has 1 saturated heterocycles. The summed E-state index contributed by atoms with van der Waals surface area (Å²) in [6.07, 6.45) is 8.23. The van der Waals surface area contributed by atoms with Crippen LogP contribution in [0.25, 0.3) is 5.69 Å². The summed E-state index contributed by atoms with van der Waals surface area (Å²) >= 11 is 0. The molecule has 0 spiro atoms. The van der Waals surface area contributed by atoms with Gasteiger partial charge in [0.25, 0.3) is 11.8 Å². The molecule has 7 heteroatoms. The number of aromatic nitrogens is 2. The number of carbonyl (C=O) groups is 2. The van der Waals surface area contributed by atoms with Crippen molar-refractivity contribution in [3.8, 4) is 5.69 Å². The summed E-state index contributed by atoms with van der Waals surface area (Å²) in [4.78, 5) is 30.5. The number of furan rings is 1. The normalized spacial score (nSPS) is 14.9. The van der Waals surface area contributed by atoms with E-state index in [0.29, 0.717) is 24.4 Å². The molecule has 0 atom stereocenters. The lowest BCUT2D eigenvalue weighted by Gasteiger charge is -2.31. The van der Waals surface area contributed by atoms with E-state index in [1.807, 2.05) is 22.9 Å². The number of nitrogens with one attached hydrogen (secondary N) is 1. The second-order valence-corrected chi connectivity index (χ2v) is 6.53. The van der Waals surface area contributed by atoms with Crippen LogP contribution in [0.4, 0.5) is 0 Å². The van der Waals surface area contributed by atoms with Crippen LogP contribution in [0.2, 0.25) is 0 Å². The van der Waals surface area contributed by atoms with Crippen LogP contribution in [0.15, 0.2) is 65.8 Å². The number of carbonyl (C=O) groups excluding carboxylic acids is 2. The Morgan fingerprint density at radius 3 is 2.52 bits per heavy atom. The predicted octanol–water partition coefficient (Wildman–Crippen LogP) is 2.50. The maximum absolute atomic E-state index is 12.5. The third kappa shape index (κ3) is 3.76. The van der Waals surface area contributed by atoms with Crippen molar-refractivity contribution in [2.45, 2.75) is 18.9 Å². The zero-order chi connectivity index (χ0) is 18.6. The molecule has 1 aromatic carbocycles. The summed E-state index contributed by atoms with van der Waals surface area (Å²) in [6.45, 7) is 1.20. The summed E-state index contributed by atoms with van der Waals surface area (Å²) in [5.74, 6) is 0.165. The molecule has 0 aliphatic carbocycles. The summed E-state index contributed by atoms with van der Waals surface area (Å²) in [5, 5.41) is 3.06. The van der Waals surface area contributed by atoms with Crippen LogP contribution < -0.4 is 5.32 Å². The highest BCUT2D eigenvalue weighted by molar-refractivity contribution is 5.94. The van der Waals surface area contributed by atoms with Crippen molar-refractivity contribution in [1.82, 2.24) is 19.8 Å². The van der Waals surface area contributed by atoms with Crippen molar-refractivity contribution in [3.63, 3.8) is 0 Å². The van der Waals surface area contributed by atoms with Gasteiger partial charge in [-0.25, -0.2) is 4.98 Å². The molecular weight excluding hydrogens is 344 g/mol. The maximum atomic E-state index is 12.5. The molecule has 3 heterocycles. The smallest absolute Gasteiger partial charge is 0.289 e. The summed E-state index contributed by atoms with van der Waals surface area (Å²) < 4.78 is 7.05. The first-order valence-electron chi connectivity index (χ1n) is 8.93. The Hall–Kier alpha value is -3.35. The highest BCUT2D eigenvalue weighted by atomic mass is 16.3. The zero-order valence-corrected chi connectivity index (χ0v) is 14.7. The van der Waals surface area contributed by atoms with E-state index >= 15 is 0 Å². The molecule has 0 unspecified atom stereocenters. The van der Waals surface area contributed by atoms with Gasteiger partial charge in [0.2, 0.25) is 0 Å². The van der Waals surface area contributed by atoms with Gasteiger partial charge in [0, 0.05) is 42.8 Å². The van der Waals surface area contributed by atoms with Crippen LogP contribution in [0.3, 0.4) is 0 Å². The monoisotopic (exact) mass is 364 g/mol. The number of imidazole rings is 1. The molecule has 1 N–H and O–H groups in total. The highest BCUT2D eigenvalue weighted by Gasteiger charge is 2.26. The third-order valence-corrected chi connectivity index (χ3v) is 4.78. The fourth-order valence-corrected chi connectivity index (χ4v) is 3.25. The number of rotatable bonds is 4. The maximum Gasteiger partial charge on any atom is 0.289 e. The van der Waals surface area contributed by atoms with Gasteiger partial charge in [-0.2, -0.15) is 0 Å². The first-order chi connectivity index (χ1) is 13.2. The number of hydrogen-bond acceptors (Lipinski definition) is 4. The molecule has 0 saturated carbocycles. The molecule has 0 radical (unpaired) electrons. The van der Waals surface area contributed by atoms with Crippen LogP contribution in [0.5, 0.6) is 0 Å². The van der Waals surface area contributed by atoms with Crippen molar-refractivity contribution in [2.24, 2.45) is 0 Å². The van der Waals surface area contributed by atoms with Gasteiger partial charge in [0.15, 0.2) is 5.76 Å². The molecule has 1 aliphatic heterocycles. The van der Waals surface area contributed by atoms with E-state index in [9.17, 15) is 9.59 Å². The van der Waals surface area contributed by atoms with Crippen LogP contribution >= 0.6 is 0 Å². The second kappa shape index (κ2) is 7.49. The highest BCUT2D eigenvalue weighted by Crippen LogP contribution is 2.15. The van der Waals surface area contributed by atoms with Crippen molar-refractivity contribution in [2.75, 3.05) is 13.1 Å². The van der Waals surface area contributed by atoms with Gasteiger partial charge in [-0.05, 0) is 49.2 Å². The standard InChI is InChI=1S/C20H20N4O3/c25-19(15-3-5-17(6-4-15)24-12-9-21-14-24)22-16-7-10-23(11-8-16)20(26)18-2-1-13-27-18/h1-6,9,12-14,16H,7-8,10-11H2,(H,22,25). The first kappa shape index (κ1) is 17.1. The Balaban J connectivity index is 1.31. The Bertz CT molecular complexity index is 893. The first-order valence-corrected chi connectivity index (χ1v) is 8.93. The number of benzene rings is 1. The number of piperidine rings is 1. The number of nitrogens with zero attached hydrogens (tertiary/aromatic N) is 3. The van der Waals surface area contributed by atoms with Crippen LogP contribution in [0, 0.1) is 0 Å². The summed E-state index contributed by atoms with van der Waals surface area (Å²) in [7, 11) is 0. The van der Waals surface area contributed by atoms with Crippen molar-refractivity contribution in [3.05, 3.63) is 72.7 Å². The average Bonchev–Trinajstić information content (AvgIpc) is 3.42. The number of hydrogen-bond donors (Lipinski definition) is 1. The zero-order valence-electron chi connectivity index (χ0n) is 14.7. The van der Waals surface area contributed by atoms with Gasteiger partial charge in [0.05, 0.1) is 12.6 Å². The Morgan fingerprint density at radius 1 is 1.11 bits per heavy atom. The number of amides is 2. The Kier molecular flexibility index (Phi) is 4.74. The molecule has 7 nitrogen and oxygen atoms in total. The largest absolute Gasteiger partial charge is 0.459 e. The van der Waals surface area contributed by atoms with E-state index < -0.39 is 0 Å². The van der Waals surface area contributed by atoms with Gasteiger partial charge in [0.1, 0.15) is 0 Å². The fraction of sp³-hybridized carbons (Fsp3) is 0.250. The predicted molar refractivity (Wildman–Crippen MR) is 98.7 cm³/mol. The van der Waals surface area contributed by atoms with Gasteiger partial charge in [-0.3, -0.25) is 9.59 Å². The van der Waals surface area contributed by atoms with Crippen LogP contribution in [-0.4, -0.2) is 45.4 Å². The lowest BCUT2D eigenvalue weighted by Crippen LogP contribution is -2.46. The van der Waals surface area contributed by atoms with E-state index in [1.54, 1.807) is 41.7 Å². The lowest BCUT2D eigenvalue weighted by atomic mass is 10.0. The molecule has 4 rings (SSSR count). The minimum absolute atomic E-state index is 0.0616. The van der Waals surface area contributed by atoms with Gasteiger partial charge >= 0.3 is 0 Å². The van der Waals surface area contributed by atoms with Crippen molar-refractivity contribution >= 4 is 11.8 Å². The van der Waals surface area contributed by atoms with E-state index in [1.165, 1.54) is 6.26 Å². The molecule has 2 amide bonds. The fourth-order valence-electron chi connectivity index (χ4n) is 3.25. The second-order valence-electron chi connectivity index (χ2n) is 6.53. The molecule has 1 fully saturated rings. The van der Waals surface area contributed by atoms with Crippen LogP contribution in [-0.2, 0) is 0 Å². The topological polar surface area (TPSA) is 80.4 Å². The van der Waals surface area contributed by atoms with Gasteiger partial charge < -0.3 is 19.2 Å². The quantitative estimate of drug-likeness (QED) is 0.771. The third-order valence-electron chi connectivity index (χ3n) is 4.78. The summed E-state index contributed by atoms with van der Waals surface area (Å²) in [6, 6.07) is 10.8. The molecule has 138 valence electrons. The number of likely N-dealkylation sites (tertiary alicyclic amines) is 1. The molecule has 2 aromatic heterocycles. The van der Waals surface area contributed by atoms with Crippen molar-refractivity contribution < 1.29 is 14.0 Å². The SMILES string of the molecule is O=C(NC1CCN(C(=O)c2ccco2)CC1)c1ccc(-n2ccnc2)cc1. The van der Waals surface area contributed by atoms with Gasteiger partial charge in [-0.15, -0.1) is 0 Å². The van der Waals surface area contributed by atoms with E-state index in [-0.39, 0.29) is 17.9 Å². The minimum atomic E-state index is -0.0973. The Labute approximate surface area is 156 Å². The van der Waals surface area contributed by atoms with Crippen LogP contribution in [0.1, 0.15) is 33.8 Å². The van der Waals surface area contributed by atoms with Crippen molar-refractivity contribution in [1.29, 1.82) is 0 Å². The summed E-state index contributed by atoms with van der Waals surface area (Å²) in [5.41, 5.74) is 1.57. The molecule has 27 heavy (non-hydrogen) atoms. The van der Waals surface area contributed by atoms with E-state index in [4.69, 9.17) is 4.42 Å². The Morgan fingerprint density at radius 2 is 1.89 bits per heavy atom. The average molecular weight is 364 g/mol. The molecule has 0 bridgehead atoms.